The van der Waals surface area contributed by atoms with Crippen molar-refractivity contribution in [1.29, 1.82) is 0 Å². The number of benzene rings is 2. The summed E-state index contributed by atoms with van der Waals surface area (Å²) < 4.78 is 0. The highest BCUT2D eigenvalue weighted by Crippen LogP contribution is 2.31. The molecule has 0 aliphatic carbocycles. The molecule has 0 amide bonds. The SMILES string of the molecule is OCC(O)C(/C=C/c1ccc(O)cc1)c1ccc(O)c(O)c1. The van der Waals surface area contributed by atoms with E-state index in [0.29, 0.717) is 5.56 Å². The molecule has 0 spiro atoms. The van der Waals surface area contributed by atoms with E-state index in [-0.39, 0.29) is 17.2 Å². The second-order valence-electron chi connectivity index (χ2n) is 4.97. The third-order valence-electron chi connectivity index (χ3n) is 3.38. The van der Waals surface area contributed by atoms with Gasteiger partial charge in [-0.05, 0) is 35.4 Å². The topological polar surface area (TPSA) is 101 Å². The first-order chi connectivity index (χ1) is 10.5. The molecule has 0 fully saturated rings. The van der Waals surface area contributed by atoms with Crippen molar-refractivity contribution in [3.63, 3.8) is 0 Å². The Bertz CT molecular complexity index is 649. The van der Waals surface area contributed by atoms with Gasteiger partial charge >= 0.3 is 0 Å². The maximum atomic E-state index is 9.97. The fourth-order valence-electron chi connectivity index (χ4n) is 2.12. The van der Waals surface area contributed by atoms with Crippen LogP contribution in [0.15, 0.2) is 48.5 Å². The normalized spacial score (nSPS) is 14.1. The van der Waals surface area contributed by atoms with Crippen molar-refractivity contribution in [2.24, 2.45) is 0 Å². The quantitative estimate of drug-likeness (QED) is 0.543. The minimum Gasteiger partial charge on any atom is -0.508 e. The lowest BCUT2D eigenvalue weighted by molar-refractivity contribution is 0.0842. The number of rotatable bonds is 5. The summed E-state index contributed by atoms with van der Waals surface area (Å²) in [6.45, 7) is -0.438. The molecule has 2 aromatic carbocycles. The van der Waals surface area contributed by atoms with E-state index >= 15 is 0 Å². The summed E-state index contributed by atoms with van der Waals surface area (Å²) in [7, 11) is 0. The van der Waals surface area contributed by atoms with Gasteiger partial charge in [-0.3, -0.25) is 0 Å². The summed E-state index contributed by atoms with van der Waals surface area (Å²) in [5.74, 6) is -0.924. The van der Waals surface area contributed by atoms with Crippen molar-refractivity contribution in [1.82, 2.24) is 0 Å². The van der Waals surface area contributed by atoms with Crippen LogP contribution in [-0.4, -0.2) is 38.2 Å². The van der Waals surface area contributed by atoms with Gasteiger partial charge in [-0.15, -0.1) is 0 Å². The molecule has 2 aromatic rings. The van der Waals surface area contributed by atoms with Crippen LogP contribution in [0, 0.1) is 0 Å². The third kappa shape index (κ3) is 3.78. The van der Waals surface area contributed by atoms with Gasteiger partial charge < -0.3 is 25.5 Å². The number of hydrogen-bond donors (Lipinski definition) is 5. The van der Waals surface area contributed by atoms with Gasteiger partial charge in [-0.25, -0.2) is 0 Å². The van der Waals surface area contributed by atoms with Gasteiger partial charge in [0.25, 0.3) is 0 Å². The molecule has 0 heterocycles. The second kappa shape index (κ2) is 6.98. The van der Waals surface area contributed by atoms with Crippen LogP contribution in [0.4, 0.5) is 0 Å². The highest BCUT2D eigenvalue weighted by atomic mass is 16.3. The van der Waals surface area contributed by atoms with Crippen LogP contribution in [0.3, 0.4) is 0 Å². The standard InChI is InChI=1S/C17H18O5/c18-10-17(22)14(12-4-8-15(20)16(21)9-12)7-3-11-1-5-13(19)6-2-11/h1-9,14,17-22H,10H2/b7-3+. The number of phenolic OH excluding ortho intramolecular Hbond substituents is 3. The van der Waals surface area contributed by atoms with Gasteiger partial charge in [0.1, 0.15) is 5.75 Å². The van der Waals surface area contributed by atoms with Gasteiger partial charge in [0.15, 0.2) is 11.5 Å². The molecule has 2 atom stereocenters. The first-order valence-electron chi connectivity index (χ1n) is 6.79. The van der Waals surface area contributed by atoms with E-state index in [2.05, 4.69) is 0 Å². The molecule has 22 heavy (non-hydrogen) atoms. The van der Waals surface area contributed by atoms with Crippen molar-refractivity contribution in [3.8, 4) is 17.2 Å². The van der Waals surface area contributed by atoms with Crippen LogP contribution >= 0.6 is 0 Å². The lowest BCUT2D eigenvalue weighted by Gasteiger charge is -2.19. The summed E-state index contributed by atoms with van der Waals surface area (Å²) in [5, 5.41) is 47.3. The van der Waals surface area contributed by atoms with Gasteiger partial charge in [0.2, 0.25) is 0 Å². The summed E-state index contributed by atoms with van der Waals surface area (Å²) in [6, 6.07) is 10.8. The second-order valence-corrected chi connectivity index (χ2v) is 4.97. The van der Waals surface area contributed by atoms with Crippen molar-refractivity contribution >= 4 is 6.08 Å². The van der Waals surface area contributed by atoms with Gasteiger partial charge in [-0.1, -0.05) is 30.4 Å². The molecule has 0 saturated heterocycles. The van der Waals surface area contributed by atoms with E-state index < -0.39 is 18.6 Å². The fourth-order valence-corrected chi connectivity index (χ4v) is 2.12. The van der Waals surface area contributed by atoms with Crippen LogP contribution in [0.1, 0.15) is 17.0 Å². The van der Waals surface area contributed by atoms with Crippen LogP contribution in [0.25, 0.3) is 6.08 Å². The highest BCUT2D eigenvalue weighted by Gasteiger charge is 2.19. The molecule has 0 bridgehead atoms. The molecule has 0 radical (unpaired) electrons. The van der Waals surface area contributed by atoms with Crippen molar-refractivity contribution in [2.75, 3.05) is 6.61 Å². The molecule has 0 aromatic heterocycles. The predicted molar refractivity (Wildman–Crippen MR) is 82.7 cm³/mol. The molecule has 2 rings (SSSR count). The zero-order chi connectivity index (χ0) is 16.1. The molecule has 5 nitrogen and oxygen atoms in total. The smallest absolute Gasteiger partial charge is 0.157 e. The zero-order valence-electron chi connectivity index (χ0n) is 11.8. The Balaban J connectivity index is 2.29. The van der Waals surface area contributed by atoms with Gasteiger partial charge in [0, 0.05) is 5.92 Å². The summed E-state index contributed by atoms with van der Waals surface area (Å²) in [4.78, 5) is 0. The summed E-state index contributed by atoms with van der Waals surface area (Å²) in [6.07, 6.45) is 2.39. The Morgan fingerprint density at radius 3 is 2.18 bits per heavy atom. The summed E-state index contributed by atoms with van der Waals surface area (Å²) >= 11 is 0. The number of aliphatic hydroxyl groups excluding tert-OH is 2. The third-order valence-corrected chi connectivity index (χ3v) is 3.38. The molecule has 116 valence electrons. The van der Waals surface area contributed by atoms with E-state index in [1.165, 1.54) is 12.1 Å². The summed E-state index contributed by atoms with van der Waals surface area (Å²) in [5.41, 5.74) is 1.38. The van der Waals surface area contributed by atoms with E-state index in [1.54, 1.807) is 42.5 Å². The number of aliphatic hydroxyl groups is 2. The monoisotopic (exact) mass is 302 g/mol. The van der Waals surface area contributed by atoms with Crippen molar-refractivity contribution in [3.05, 3.63) is 59.7 Å². The Morgan fingerprint density at radius 1 is 0.909 bits per heavy atom. The van der Waals surface area contributed by atoms with Crippen molar-refractivity contribution in [2.45, 2.75) is 12.0 Å². The van der Waals surface area contributed by atoms with Crippen molar-refractivity contribution < 1.29 is 25.5 Å². The minimum absolute atomic E-state index is 0.160. The maximum Gasteiger partial charge on any atom is 0.157 e. The molecule has 2 unspecified atom stereocenters. The minimum atomic E-state index is -1.04. The van der Waals surface area contributed by atoms with Crippen LogP contribution in [-0.2, 0) is 0 Å². The Kier molecular flexibility index (Phi) is 5.04. The van der Waals surface area contributed by atoms with Crippen LogP contribution in [0.2, 0.25) is 0 Å². The zero-order valence-corrected chi connectivity index (χ0v) is 11.8. The average Bonchev–Trinajstić information content (AvgIpc) is 2.52. The number of phenols is 3. The predicted octanol–water partition coefficient (Wildman–Crippen LogP) is 1.95. The molecule has 0 saturated carbocycles. The van der Waals surface area contributed by atoms with Gasteiger partial charge in [0.05, 0.1) is 12.7 Å². The molecule has 0 aliphatic rings. The number of aromatic hydroxyl groups is 3. The first-order valence-corrected chi connectivity index (χ1v) is 6.79. The average molecular weight is 302 g/mol. The van der Waals surface area contributed by atoms with E-state index in [0.717, 1.165) is 5.56 Å². The van der Waals surface area contributed by atoms with E-state index in [4.69, 9.17) is 0 Å². The Hall–Kier alpha value is -2.50. The number of hydrogen-bond acceptors (Lipinski definition) is 5. The van der Waals surface area contributed by atoms with Crippen LogP contribution < -0.4 is 0 Å². The lowest BCUT2D eigenvalue weighted by atomic mass is 9.92. The molecule has 0 aliphatic heterocycles. The molecule has 5 N–H and O–H groups in total. The highest BCUT2D eigenvalue weighted by molar-refractivity contribution is 5.53. The largest absolute Gasteiger partial charge is 0.508 e. The Labute approximate surface area is 128 Å². The molecular formula is C17H18O5. The first kappa shape index (κ1) is 15.9. The van der Waals surface area contributed by atoms with Gasteiger partial charge in [-0.2, -0.15) is 0 Å². The van der Waals surface area contributed by atoms with E-state index in [9.17, 15) is 25.5 Å². The van der Waals surface area contributed by atoms with Crippen LogP contribution in [0.5, 0.6) is 17.2 Å². The fraction of sp³-hybridized carbons (Fsp3) is 0.176. The molecule has 5 heteroatoms. The maximum absolute atomic E-state index is 9.97. The van der Waals surface area contributed by atoms with E-state index in [1.807, 2.05) is 0 Å². The Morgan fingerprint density at radius 2 is 1.59 bits per heavy atom. The molecular weight excluding hydrogens is 284 g/mol. The lowest BCUT2D eigenvalue weighted by Crippen LogP contribution is -2.20.